The monoisotopic (exact) mass is 344 g/mol. The van der Waals surface area contributed by atoms with Crippen molar-refractivity contribution >= 4 is 11.6 Å². The van der Waals surface area contributed by atoms with E-state index >= 15 is 0 Å². The second-order valence-electron chi connectivity index (χ2n) is 6.02. The second kappa shape index (κ2) is 9.05. The molecule has 1 amide bonds. The summed E-state index contributed by atoms with van der Waals surface area (Å²) in [4.78, 5) is 14.5. The van der Waals surface area contributed by atoms with Gasteiger partial charge in [0.15, 0.2) is 0 Å². The van der Waals surface area contributed by atoms with E-state index in [2.05, 4.69) is 5.32 Å². The summed E-state index contributed by atoms with van der Waals surface area (Å²) in [5, 5.41) is 21.2. The number of rotatable bonds is 6. The van der Waals surface area contributed by atoms with Gasteiger partial charge in [0.05, 0.1) is 11.6 Å². The molecule has 2 aromatic rings. The van der Waals surface area contributed by atoms with Crippen LogP contribution in [0, 0.1) is 22.7 Å². The van der Waals surface area contributed by atoms with Gasteiger partial charge in [0.2, 0.25) is 0 Å². The van der Waals surface area contributed by atoms with Crippen LogP contribution in [0.4, 0.5) is 5.69 Å². The van der Waals surface area contributed by atoms with E-state index < -0.39 is 0 Å². The van der Waals surface area contributed by atoms with Gasteiger partial charge in [-0.15, -0.1) is 0 Å². The number of nitrogens with one attached hydrogen (secondary N) is 1. The molecule has 0 radical (unpaired) electrons. The van der Waals surface area contributed by atoms with E-state index in [9.17, 15) is 10.1 Å². The van der Waals surface area contributed by atoms with Crippen molar-refractivity contribution in [2.45, 2.75) is 26.4 Å². The van der Waals surface area contributed by atoms with Crippen molar-refractivity contribution < 1.29 is 4.79 Å². The van der Waals surface area contributed by atoms with E-state index in [1.54, 1.807) is 29.2 Å². The molecule has 0 spiro atoms. The summed E-state index contributed by atoms with van der Waals surface area (Å²) in [6.07, 6.45) is 1.41. The van der Waals surface area contributed by atoms with Gasteiger partial charge in [-0.25, -0.2) is 0 Å². The summed E-state index contributed by atoms with van der Waals surface area (Å²) in [6, 6.07) is 20.4. The summed E-state index contributed by atoms with van der Waals surface area (Å²) in [5.41, 5.74) is 2.28. The topological polar surface area (TPSA) is 79.9 Å². The minimum Gasteiger partial charge on any atom is -0.360 e. The van der Waals surface area contributed by atoms with E-state index in [-0.39, 0.29) is 17.5 Å². The Labute approximate surface area is 153 Å². The Morgan fingerprint density at radius 3 is 2.31 bits per heavy atom. The van der Waals surface area contributed by atoms with Crippen molar-refractivity contribution in [3.8, 4) is 12.1 Å². The normalized spacial score (nSPS) is 10.7. The highest BCUT2D eigenvalue weighted by Crippen LogP contribution is 2.14. The minimum atomic E-state index is -0.326. The third-order valence-electron chi connectivity index (χ3n) is 3.83. The zero-order valence-electron chi connectivity index (χ0n) is 14.8. The Morgan fingerprint density at radius 1 is 1.12 bits per heavy atom. The van der Waals surface area contributed by atoms with Crippen LogP contribution in [0.5, 0.6) is 0 Å². The molecule has 0 aliphatic heterocycles. The summed E-state index contributed by atoms with van der Waals surface area (Å²) in [7, 11) is 0. The number of amides is 1. The lowest BCUT2D eigenvalue weighted by atomic mass is 10.1. The molecule has 0 saturated heterocycles. The average molecular weight is 344 g/mol. The minimum absolute atomic E-state index is 0.0268. The first-order chi connectivity index (χ1) is 12.5. The van der Waals surface area contributed by atoms with Gasteiger partial charge in [0.1, 0.15) is 11.6 Å². The Balaban J connectivity index is 2.16. The molecule has 0 aromatic heterocycles. The molecule has 0 saturated carbocycles. The lowest BCUT2D eigenvalue weighted by Crippen LogP contribution is -2.37. The number of nitrogens with zero attached hydrogens (tertiary/aromatic N) is 3. The summed E-state index contributed by atoms with van der Waals surface area (Å²) < 4.78 is 0. The molecule has 0 fully saturated rings. The molecule has 2 rings (SSSR count). The molecule has 0 heterocycles. The van der Waals surface area contributed by atoms with Crippen LogP contribution >= 0.6 is 0 Å². The number of hydrogen-bond donors (Lipinski definition) is 1. The first-order valence-corrected chi connectivity index (χ1v) is 8.27. The van der Waals surface area contributed by atoms with Gasteiger partial charge >= 0.3 is 0 Å². The second-order valence-corrected chi connectivity index (χ2v) is 6.02. The highest BCUT2D eigenvalue weighted by atomic mass is 16.2. The number of anilines is 1. The number of benzene rings is 2. The highest BCUT2D eigenvalue weighted by Gasteiger charge is 2.21. The van der Waals surface area contributed by atoms with Crippen LogP contribution in [0.15, 0.2) is 66.4 Å². The third-order valence-corrected chi connectivity index (χ3v) is 3.83. The van der Waals surface area contributed by atoms with Gasteiger partial charge in [0, 0.05) is 24.5 Å². The average Bonchev–Trinajstić information content (AvgIpc) is 2.67. The van der Waals surface area contributed by atoms with Gasteiger partial charge in [-0.1, -0.05) is 30.3 Å². The van der Waals surface area contributed by atoms with Gasteiger partial charge in [-0.05, 0) is 43.7 Å². The lowest BCUT2D eigenvalue weighted by Gasteiger charge is -2.26. The van der Waals surface area contributed by atoms with Crippen molar-refractivity contribution in [2.75, 3.05) is 5.32 Å². The van der Waals surface area contributed by atoms with Crippen LogP contribution < -0.4 is 5.32 Å². The Morgan fingerprint density at radius 2 is 1.77 bits per heavy atom. The van der Waals surface area contributed by atoms with Crippen LogP contribution in [0.3, 0.4) is 0 Å². The molecule has 0 atom stereocenters. The molecule has 0 bridgehead atoms. The molecule has 0 aliphatic rings. The number of hydrogen-bond acceptors (Lipinski definition) is 4. The summed E-state index contributed by atoms with van der Waals surface area (Å²) >= 11 is 0. The van der Waals surface area contributed by atoms with Gasteiger partial charge in [0.25, 0.3) is 5.91 Å². The maximum atomic E-state index is 12.8. The molecule has 0 unspecified atom stereocenters. The van der Waals surface area contributed by atoms with Crippen molar-refractivity contribution in [1.29, 1.82) is 10.5 Å². The number of nitriles is 2. The van der Waals surface area contributed by atoms with Crippen molar-refractivity contribution in [1.82, 2.24) is 4.90 Å². The van der Waals surface area contributed by atoms with E-state index in [0.717, 1.165) is 5.56 Å². The van der Waals surface area contributed by atoms with Crippen LogP contribution in [-0.2, 0) is 11.3 Å². The molecule has 5 nitrogen and oxygen atoms in total. The largest absolute Gasteiger partial charge is 0.360 e. The fourth-order valence-electron chi connectivity index (χ4n) is 2.36. The summed E-state index contributed by atoms with van der Waals surface area (Å²) in [6.45, 7) is 4.28. The fraction of sp³-hybridized carbons (Fsp3) is 0.190. The van der Waals surface area contributed by atoms with E-state index in [4.69, 9.17) is 5.26 Å². The van der Waals surface area contributed by atoms with Crippen LogP contribution in [-0.4, -0.2) is 16.8 Å². The predicted molar refractivity (Wildman–Crippen MR) is 101 cm³/mol. The summed E-state index contributed by atoms with van der Waals surface area (Å²) in [5.74, 6) is -0.326. The van der Waals surface area contributed by atoms with Gasteiger partial charge < -0.3 is 10.2 Å². The highest BCUT2D eigenvalue weighted by molar-refractivity contribution is 5.97. The molecular weight excluding hydrogens is 324 g/mol. The maximum Gasteiger partial charge on any atom is 0.266 e. The number of carbonyl (C=O) groups is 1. The lowest BCUT2D eigenvalue weighted by molar-refractivity contribution is -0.129. The van der Waals surface area contributed by atoms with Crippen molar-refractivity contribution in [3.63, 3.8) is 0 Å². The Kier molecular flexibility index (Phi) is 6.53. The van der Waals surface area contributed by atoms with Crippen LogP contribution in [0.2, 0.25) is 0 Å². The van der Waals surface area contributed by atoms with Crippen LogP contribution in [0.25, 0.3) is 0 Å². The molecule has 26 heavy (non-hydrogen) atoms. The van der Waals surface area contributed by atoms with E-state index in [1.165, 1.54) is 6.20 Å². The smallest absolute Gasteiger partial charge is 0.266 e. The van der Waals surface area contributed by atoms with Crippen LogP contribution in [0.1, 0.15) is 25.0 Å². The zero-order valence-corrected chi connectivity index (χ0v) is 14.8. The number of carbonyl (C=O) groups excluding carboxylic acids is 1. The Hall–Kier alpha value is -3.57. The van der Waals surface area contributed by atoms with Gasteiger partial charge in [-0.2, -0.15) is 10.5 Å². The molecule has 0 aliphatic carbocycles. The first kappa shape index (κ1) is 18.8. The fourth-order valence-corrected chi connectivity index (χ4v) is 2.36. The van der Waals surface area contributed by atoms with Gasteiger partial charge in [-0.3, -0.25) is 4.79 Å². The molecular formula is C21H20N4O. The zero-order chi connectivity index (χ0) is 18.9. The standard InChI is InChI=1S/C21H20N4O/c1-16(2)25(15-18-6-4-3-5-7-18)21(26)19(13-23)14-24-20-10-8-17(12-22)9-11-20/h3-11,14,16,24H,15H2,1-2H3/b19-14-. The molecule has 2 aromatic carbocycles. The molecule has 130 valence electrons. The van der Waals surface area contributed by atoms with E-state index in [1.807, 2.05) is 56.3 Å². The molecule has 1 N–H and O–H groups in total. The van der Waals surface area contributed by atoms with Crippen molar-refractivity contribution in [3.05, 3.63) is 77.5 Å². The SMILES string of the molecule is CC(C)N(Cc1ccccc1)C(=O)/C(C#N)=C\Nc1ccc(C#N)cc1. The molecule has 5 heteroatoms. The van der Waals surface area contributed by atoms with E-state index in [0.29, 0.717) is 17.8 Å². The first-order valence-electron chi connectivity index (χ1n) is 8.27. The quantitative estimate of drug-likeness (QED) is 0.638. The Bertz CT molecular complexity index is 856. The maximum absolute atomic E-state index is 12.8. The predicted octanol–water partition coefficient (Wildman–Crippen LogP) is 3.81. The van der Waals surface area contributed by atoms with Crippen molar-refractivity contribution in [2.24, 2.45) is 0 Å². The third kappa shape index (κ3) is 4.96.